The molecule has 1 aromatic rings. The first-order chi connectivity index (χ1) is 6.76. The summed E-state index contributed by atoms with van der Waals surface area (Å²) in [5.41, 5.74) is 0.952. The summed E-state index contributed by atoms with van der Waals surface area (Å²) in [5.74, 6) is 1.97. The SMILES string of the molecule is CCC(CSC)Nc1ccc(C)nn1. The van der Waals surface area contributed by atoms with Crippen molar-refractivity contribution >= 4 is 17.6 Å². The van der Waals surface area contributed by atoms with Crippen molar-refractivity contribution in [2.45, 2.75) is 26.3 Å². The van der Waals surface area contributed by atoms with Crippen LogP contribution in [0.15, 0.2) is 12.1 Å². The van der Waals surface area contributed by atoms with Crippen molar-refractivity contribution < 1.29 is 0 Å². The van der Waals surface area contributed by atoms with Gasteiger partial charge in [-0.15, -0.1) is 5.10 Å². The number of hydrogen-bond donors (Lipinski definition) is 1. The highest BCUT2D eigenvalue weighted by Gasteiger charge is 2.05. The van der Waals surface area contributed by atoms with Gasteiger partial charge in [-0.05, 0) is 31.7 Å². The molecule has 0 aliphatic heterocycles. The standard InChI is InChI=1S/C10H17N3S/c1-4-9(7-14-3)11-10-6-5-8(2)12-13-10/h5-6,9H,4,7H2,1-3H3,(H,11,13). The van der Waals surface area contributed by atoms with E-state index in [0.717, 1.165) is 23.7 Å². The lowest BCUT2D eigenvalue weighted by atomic mass is 10.2. The summed E-state index contributed by atoms with van der Waals surface area (Å²) in [5, 5.41) is 11.4. The fourth-order valence-corrected chi connectivity index (χ4v) is 1.87. The number of aryl methyl sites for hydroxylation is 1. The third-order valence-corrected chi connectivity index (χ3v) is 2.75. The lowest BCUT2D eigenvalue weighted by Crippen LogP contribution is -2.21. The Bertz CT molecular complexity index is 261. The summed E-state index contributed by atoms with van der Waals surface area (Å²) >= 11 is 1.85. The van der Waals surface area contributed by atoms with Crippen molar-refractivity contribution in [3.8, 4) is 0 Å². The topological polar surface area (TPSA) is 37.8 Å². The minimum atomic E-state index is 0.488. The lowest BCUT2D eigenvalue weighted by Gasteiger charge is -2.15. The first-order valence-corrected chi connectivity index (χ1v) is 6.21. The van der Waals surface area contributed by atoms with E-state index in [0.29, 0.717) is 6.04 Å². The van der Waals surface area contributed by atoms with Gasteiger partial charge in [-0.3, -0.25) is 0 Å². The maximum absolute atomic E-state index is 4.08. The molecule has 1 rings (SSSR count). The molecule has 1 aromatic heterocycles. The molecule has 0 aliphatic rings. The zero-order valence-electron chi connectivity index (χ0n) is 8.95. The van der Waals surface area contributed by atoms with Crippen LogP contribution < -0.4 is 5.32 Å². The van der Waals surface area contributed by atoms with Gasteiger partial charge in [-0.2, -0.15) is 16.9 Å². The third kappa shape index (κ3) is 3.54. The molecule has 0 radical (unpaired) electrons. The molecule has 14 heavy (non-hydrogen) atoms. The van der Waals surface area contributed by atoms with Gasteiger partial charge in [0.05, 0.1) is 5.69 Å². The minimum Gasteiger partial charge on any atom is -0.365 e. The quantitative estimate of drug-likeness (QED) is 0.811. The zero-order chi connectivity index (χ0) is 10.4. The minimum absolute atomic E-state index is 0.488. The second-order valence-electron chi connectivity index (χ2n) is 3.26. The van der Waals surface area contributed by atoms with E-state index in [2.05, 4.69) is 28.7 Å². The van der Waals surface area contributed by atoms with Crippen LogP contribution in [0.5, 0.6) is 0 Å². The molecule has 3 nitrogen and oxygen atoms in total. The van der Waals surface area contributed by atoms with Crippen molar-refractivity contribution in [3.05, 3.63) is 17.8 Å². The second-order valence-corrected chi connectivity index (χ2v) is 4.18. The van der Waals surface area contributed by atoms with Gasteiger partial charge in [0.2, 0.25) is 0 Å². The van der Waals surface area contributed by atoms with Crippen molar-refractivity contribution in [2.24, 2.45) is 0 Å². The molecule has 0 aromatic carbocycles. The van der Waals surface area contributed by atoms with Gasteiger partial charge >= 0.3 is 0 Å². The average molecular weight is 211 g/mol. The van der Waals surface area contributed by atoms with Gasteiger partial charge in [0.15, 0.2) is 0 Å². The fraction of sp³-hybridized carbons (Fsp3) is 0.600. The monoisotopic (exact) mass is 211 g/mol. The maximum Gasteiger partial charge on any atom is 0.148 e. The van der Waals surface area contributed by atoms with Gasteiger partial charge in [0.25, 0.3) is 0 Å². The van der Waals surface area contributed by atoms with E-state index in [1.54, 1.807) is 0 Å². The normalized spacial score (nSPS) is 12.5. The van der Waals surface area contributed by atoms with Crippen LogP contribution in [0.2, 0.25) is 0 Å². The number of rotatable bonds is 5. The number of aromatic nitrogens is 2. The highest BCUT2D eigenvalue weighted by atomic mass is 32.2. The largest absolute Gasteiger partial charge is 0.365 e. The Morgan fingerprint density at radius 2 is 2.21 bits per heavy atom. The molecule has 0 bridgehead atoms. The van der Waals surface area contributed by atoms with Gasteiger partial charge < -0.3 is 5.32 Å². The average Bonchev–Trinajstić information content (AvgIpc) is 2.20. The van der Waals surface area contributed by atoms with E-state index >= 15 is 0 Å². The molecular weight excluding hydrogens is 194 g/mol. The summed E-state index contributed by atoms with van der Waals surface area (Å²) in [7, 11) is 0. The Kier molecular flexibility index (Phi) is 4.73. The van der Waals surface area contributed by atoms with Crippen LogP contribution in [0.3, 0.4) is 0 Å². The molecule has 0 saturated heterocycles. The molecule has 4 heteroatoms. The van der Waals surface area contributed by atoms with E-state index in [1.165, 1.54) is 0 Å². The van der Waals surface area contributed by atoms with E-state index in [1.807, 2.05) is 30.8 Å². The Morgan fingerprint density at radius 3 is 2.71 bits per heavy atom. The fourth-order valence-electron chi connectivity index (χ4n) is 1.15. The number of nitrogens with one attached hydrogen (secondary N) is 1. The van der Waals surface area contributed by atoms with Crippen LogP contribution in [-0.2, 0) is 0 Å². The van der Waals surface area contributed by atoms with Crippen LogP contribution in [0.25, 0.3) is 0 Å². The molecule has 0 fully saturated rings. The van der Waals surface area contributed by atoms with Crippen LogP contribution >= 0.6 is 11.8 Å². The molecule has 1 N–H and O–H groups in total. The zero-order valence-corrected chi connectivity index (χ0v) is 9.77. The lowest BCUT2D eigenvalue weighted by molar-refractivity contribution is 0.764. The molecule has 78 valence electrons. The van der Waals surface area contributed by atoms with Crippen LogP contribution in [-0.4, -0.2) is 28.2 Å². The highest BCUT2D eigenvalue weighted by Crippen LogP contribution is 2.08. The van der Waals surface area contributed by atoms with Crippen LogP contribution in [0.4, 0.5) is 5.82 Å². The Balaban J connectivity index is 2.53. The molecule has 1 unspecified atom stereocenters. The molecule has 1 atom stereocenters. The highest BCUT2D eigenvalue weighted by molar-refractivity contribution is 7.98. The van der Waals surface area contributed by atoms with Gasteiger partial charge in [-0.1, -0.05) is 6.92 Å². The predicted octanol–water partition coefficient (Wildman–Crippen LogP) is 2.34. The Labute approximate surface area is 89.7 Å². The first-order valence-electron chi connectivity index (χ1n) is 4.82. The van der Waals surface area contributed by atoms with Crippen molar-refractivity contribution in [3.63, 3.8) is 0 Å². The summed E-state index contributed by atoms with van der Waals surface area (Å²) in [6.07, 6.45) is 3.22. The molecule has 0 spiro atoms. The molecular formula is C10H17N3S. The maximum atomic E-state index is 4.08. The molecule has 0 saturated carbocycles. The van der Waals surface area contributed by atoms with Crippen molar-refractivity contribution in [1.82, 2.24) is 10.2 Å². The second kappa shape index (κ2) is 5.86. The van der Waals surface area contributed by atoms with Gasteiger partial charge in [0.1, 0.15) is 5.82 Å². The number of hydrogen-bond acceptors (Lipinski definition) is 4. The van der Waals surface area contributed by atoms with Crippen LogP contribution in [0.1, 0.15) is 19.0 Å². The van der Waals surface area contributed by atoms with Crippen molar-refractivity contribution in [1.29, 1.82) is 0 Å². The molecule has 0 aliphatic carbocycles. The number of anilines is 1. The van der Waals surface area contributed by atoms with Gasteiger partial charge in [0, 0.05) is 11.8 Å². The smallest absolute Gasteiger partial charge is 0.148 e. The van der Waals surface area contributed by atoms with Gasteiger partial charge in [-0.25, -0.2) is 0 Å². The first kappa shape index (κ1) is 11.3. The summed E-state index contributed by atoms with van der Waals surface area (Å²) < 4.78 is 0. The number of thioether (sulfide) groups is 1. The summed E-state index contributed by atoms with van der Waals surface area (Å²) in [6, 6.07) is 4.44. The van der Waals surface area contributed by atoms with E-state index < -0.39 is 0 Å². The summed E-state index contributed by atoms with van der Waals surface area (Å²) in [6.45, 7) is 4.12. The third-order valence-electron chi connectivity index (χ3n) is 2.01. The molecule has 1 heterocycles. The number of nitrogens with zero attached hydrogens (tertiary/aromatic N) is 2. The predicted molar refractivity (Wildman–Crippen MR) is 62.9 cm³/mol. The summed E-state index contributed by atoms with van der Waals surface area (Å²) in [4.78, 5) is 0. The molecule has 0 amide bonds. The van der Waals surface area contributed by atoms with Crippen LogP contribution in [0, 0.1) is 6.92 Å². The Morgan fingerprint density at radius 1 is 1.43 bits per heavy atom. The van der Waals surface area contributed by atoms with E-state index in [4.69, 9.17) is 0 Å². The van der Waals surface area contributed by atoms with E-state index in [-0.39, 0.29) is 0 Å². The van der Waals surface area contributed by atoms with E-state index in [9.17, 15) is 0 Å². The van der Waals surface area contributed by atoms with Crippen molar-refractivity contribution in [2.75, 3.05) is 17.3 Å². The Hall–Kier alpha value is -0.770.